The maximum absolute atomic E-state index is 12.2. The van der Waals surface area contributed by atoms with Crippen LogP contribution in [-0.2, 0) is 17.9 Å². The van der Waals surface area contributed by atoms with E-state index in [-0.39, 0.29) is 18.7 Å². The quantitative estimate of drug-likeness (QED) is 0.742. The van der Waals surface area contributed by atoms with Crippen LogP contribution in [0.3, 0.4) is 0 Å². The maximum atomic E-state index is 12.2. The standard InChI is InChI=1S/C16H15ClN2O3S/c17-12-3-1-11(2-4-12)8-22-9-13(20)7-19-10-18-14-5-6-23-15(14)16(19)21/h1-6,10,13,20H,7-9H2. The molecule has 0 aliphatic heterocycles. The Morgan fingerprint density at radius 1 is 1.30 bits per heavy atom. The van der Waals surface area contributed by atoms with Gasteiger partial charge in [-0.15, -0.1) is 11.3 Å². The van der Waals surface area contributed by atoms with E-state index in [1.165, 1.54) is 22.2 Å². The van der Waals surface area contributed by atoms with Gasteiger partial charge in [0, 0.05) is 5.02 Å². The summed E-state index contributed by atoms with van der Waals surface area (Å²) < 4.78 is 7.49. The number of hydrogen-bond donors (Lipinski definition) is 1. The highest BCUT2D eigenvalue weighted by atomic mass is 35.5. The van der Waals surface area contributed by atoms with Gasteiger partial charge in [0.05, 0.1) is 37.7 Å². The summed E-state index contributed by atoms with van der Waals surface area (Å²) in [4.78, 5) is 16.4. The topological polar surface area (TPSA) is 64.4 Å². The van der Waals surface area contributed by atoms with E-state index in [9.17, 15) is 9.90 Å². The van der Waals surface area contributed by atoms with Gasteiger partial charge in [-0.2, -0.15) is 0 Å². The van der Waals surface area contributed by atoms with Crippen molar-refractivity contribution in [2.24, 2.45) is 0 Å². The van der Waals surface area contributed by atoms with Crippen molar-refractivity contribution in [2.45, 2.75) is 19.3 Å². The summed E-state index contributed by atoms with van der Waals surface area (Å²) in [6.07, 6.45) is 0.680. The summed E-state index contributed by atoms with van der Waals surface area (Å²) in [5.41, 5.74) is 1.52. The SMILES string of the molecule is O=c1c2sccc2ncn1CC(O)COCc1ccc(Cl)cc1. The van der Waals surface area contributed by atoms with Gasteiger partial charge in [0.15, 0.2) is 0 Å². The smallest absolute Gasteiger partial charge is 0.271 e. The van der Waals surface area contributed by atoms with Gasteiger partial charge in [-0.3, -0.25) is 9.36 Å². The van der Waals surface area contributed by atoms with E-state index in [0.29, 0.717) is 21.8 Å². The fourth-order valence-electron chi connectivity index (χ4n) is 2.18. The predicted molar refractivity (Wildman–Crippen MR) is 91.0 cm³/mol. The van der Waals surface area contributed by atoms with Gasteiger partial charge in [0.1, 0.15) is 4.70 Å². The molecular formula is C16H15ClN2O3S. The Bertz CT molecular complexity index is 844. The molecule has 1 N–H and O–H groups in total. The molecule has 0 amide bonds. The number of aromatic nitrogens is 2. The van der Waals surface area contributed by atoms with Crippen molar-refractivity contribution in [1.82, 2.24) is 9.55 Å². The molecule has 3 aromatic rings. The number of hydrogen-bond acceptors (Lipinski definition) is 5. The molecule has 1 aromatic carbocycles. The molecule has 7 heteroatoms. The fourth-order valence-corrected chi connectivity index (χ4v) is 3.10. The van der Waals surface area contributed by atoms with Gasteiger partial charge in [-0.25, -0.2) is 4.98 Å². The van der Waals surface area contributed by atoms with E-state index < -0.39 is 6.10 Å². The largest absolute Gasteiger partial charge is 0.389 e. The number of rotatable bonds is 6. The normalized spacial score (nSPS) is 12.6. The van der Waals surface area contributed by atoms with Crippen molar-refractivity contribution in [3.63, 3.8) is 0 Å². The molecule has 0 spiro atoms. The molecule has 5 nitrogen and oxygen atoms in total. The summed E-state index contributed by atoms with van der Waals surface area (Å²) in [6.45, 7) is 0.670. The monoisotopic (exact) mass is 350 g/mol. The van der Waals surface area contributed by atoms with Crippen LogP contribution in [0.2, 0.25) is 5.02 Å². The summed E-state index contributed by atoms with van der Waals surface area (Å²) in [5, 5.41) is 12.5. The fraction of sp³-hybridized carbons (Fsp3) is 0.250. The highest BCUT2D eigenvalue weighted by Gasteiger charge is 2.10. The third-order valence-corrected chi connectivity index (χ3v) is 4.48. The number of fused-ring (bicyclic) bond motifs is 1. The molecule has 1 atom stereocenters. The van der Waals surface area contributed by atoms with Crippen LogP contribution < -0.4 is 5.56 Å². The van der Waals surface area contributed by atoms with Crippen LogP contribution in [0.15, 0.2) is 46.8 Å². The zero-order chi connectivity index (χ0) is 16.2. The molecular weight excluding hydrogens is 336 g/mol. The molecule has 1 unspecified atom stereocenters. The molecule has 0 fully saturated rings. The van der Waals surface area contributed by atoms with Crippen LogP contribution in [-0.4, -0.2) is 27.4 Å². The minimum Gasteiger partial charge on any atom is -0.389 e. The average Bonchev–Trinajstić information content (AvgIpc) is 3.01. The molecule has 0 saturated carbocycles. The molecule has 0 aliphatic carbocycles. The van der Waals surface area contributed by atoms with Crippen molar-refractivity contribution < 1.29 is 9.84 Å². The van der Waals surface area contributed by atoms with E-state index in [1.807, 2.05) is 17.5 Å². The van der Waals surface area contributed by atoms with Crippen LogP contribution in [0.25, 0.3) is 10.2 Å². The lowest BCUT2D eigenvalue weighted by Crippen LogP contribution is -2.29. The number of benzene rings is 1. The van der Waals surface area contributed by atoms with Gasteiger partial charge >= 0.3 is 0 Å². The van der Waals surface area contributed by atoms with Crippen LogP contribution in [0.4, 0.5) is 0 Å². The Kier molecular flexibility index (Phi) is 5.07. The second-order valence-electron chi connectivity index (χ2n) is 5.13. The van der Waals surface area contributed by atoms with Crippen molar-refractivity contribution in [3.05, 3.63) is 63.0 Å². The summed E-state index contributed by atoms with van der Waals surface area (Å²) in [7, 11) is 0. The molecule has 0 radical (unpaired) electrons. The van der Waals surface area contributed by atoms with Crippen LogP contribution in [0.5, 0.6) is 0 Å². The molecule has 0 bridgehead atoms. The van der Waals surface area contributed by atoms with Gasteiger partial charge in [-0.05, 0) is 29.1 Å². The van der Waals surface area contributed by atoms with Crippen LogP contribution in [0, 0.1) is 0 Å². The second-order valence-corrected chi connectivity index (χ2v) is 6.49. The van der Waals surface area contributed by atoms with E-state index in [2.05, 4.69) is 4.98 Å². The van der Waals surface area contributed by atoms with Crippen molar-refractivity contribution in [3.8, 4) is 0 Å². The highest BCUT2D eigenvalue weighted by molar-refractivity contribution is 7.17. The van der Waals surface area contributed by atoms with E-state index in [4.69, 9.17) is 16.3 Å². The first-order chi connectivity index (χ1) is 11.1. The number of aliphatic hydroxyl groups is 1. The number of aliphatic hydroxyl groups excluding tert-OH is 1. The zero-order valence-electron chi connectivity index (χ0n) is 12.2. The number of nitrogens with zero attached hydrogens (tertiary/aromatic N) is 2. The third-order valence-electron chi connectivity index (χ3n) is 3.34. The third kappa shape index (κ3) is 3.97. The number of ether oxygens (including phenoxy) is 1. The summed E-state index contributed by atoms with van der Waals surface area (Å²) >= 11 is 7.17. The lowest BCUT2D eigenvalue weighted by atomic mass is 10.2. The van der Waals surface area contributed by atoms with Gasteiger partial charge in [0.25, 0.3) is 5.56 Å². The van der Waals surface area contributed by atoms with E-state index in [1.54, 1.807) is 18.2 Å². The molecule has 0 saturated heterocycles. The lowest BCUT2D eigenvalue weighted by Gasteiger charge is -2.13. The first-order valence-corrected chi connectivity index (χ1v) is 8.32. The van der Waals surface area contributed by atoms with Gasteiger partial charge in [0.2, 0.25) is 0 Å². The predicted octanol–water partition coefficient (Wildman–Crippen LogP) is 2.69. The van der Waals surface area contributed by atoms with Crippen molar-refractivity contribution in [2.75, 3.05) is 6.61 Å². The number of halogens is 1. The molecule has 3 rings (SSSR count). The Morgan fingerprint density at radius 2 is 2.09 bits per heavy atom. The molecule has 2 heterocycles. The first kappa shape index (κ1) is 16.1. The van der Waals surface area contributed by atoms with Crippen molar-refractivity contribution >= 4 is 33.2 Å². The highest BCUT2D eigenvalue weighted by Crippen LogP contribution is 2.13. The zero-order valence-corrected chi connectivity index (χ0v) is 13.8. The van der Waals surface area contributed by atoms with Gasteiger partial charge in [-0.1, -0.05) is 23.7 Å². The number of thiophene rings is 1. The van der Waals surface area contributed by atoms with Crippen LogP contribution >= 0.6 is 22.9 Å². The molecule has 2 aromatic heterocycles. The van der Waals surface area contributed by atoms with E-state index >= 15 is 0 Å². The van der Waals surface area contributed by atoms with Crippen LogP contribution in [0.1, 0.15) is 5.56 Å². The van der Waals surface area contributed by atoms with Crippen molar-refractivity contribution in [1.29, 1.82) is 0 Å². The molecule has 23 heavy (non-hydrogen) atoms. The average molecular weight is 351 g/mol. The minimum atomic E-state index is -0.779. The Labute approximate surface area is 141 Å². The Morgan fingerprint density at radius 3 is 2.87 bits per heavy atom. The van der Waals surface area contributed by atoms with Gasteiger partial charge < -0.3 is 9.84 Å². The van der Waals surface area contributed by atoms with E-state index in [0.717, 1.165) is 5.56 Å². The summed E-state index contributed by atoms with van der Waals surface area (Å²) in [5.74, 6) is 0. The summed E-state index contributed by atoms with van der Waals surface area (Å²) in [6, 6.07) is 9.12. The molecule has 0 aliphatic rings. The first-order valence-electron chi connectivity index (χ1n) is 7.06. The Balaban J connectivity index is 1.56. The lowest BCUT2D eigenvalue weighted by molar-refractivity contribution is 0.0198. The molecule has 120 valence electrons. The maximum Gasteiger partial charge on any atom is 0.271 e. The minimum absolute atomic E-state index is 0.136. The second kappa shape index (κ2) is 7.23. The Hall–Kier alpha value is -1.73.